The number of pyridine rings is 1. The summed E-state index contributed by atoms with van der Waals surface area (Å²) in [4.78, 5) is 22.2. The molecule has 7 heteroatoms. The molecule has 2 aromatic heterocycles. The zero-order valence-electron chi connectivity index (χ0n) is 22.7. The Balaban J connectivity index is 1.31. The van der Waals surface area contributed by atoms with Gasteiger partial charge in [-0.2, -0.15) is 0 Å². The molecule has 0 bridgehead atoms. The van der Waals surface area contributed by atoms with Gasteiger partial charge in [-0.1, -0.05) is 42.0 Å². The second-order valence-corrected chi connectivity index (χ2v) is 10.2. The summed E-state index contributed by atoms with van der Waals surface area (Å²) in [5, 5.41) is 0. The zero-order chi connectivity index (χ0) is 27.6. The van der Waals surface area contributed by atoms with Crippen molar-refractivity contribution in [1.82, 2.24) is 19.2 Å². The lowest BCUT2D eigenvalue weighted by Crippen LogP contribution is -2.48. The van der Waals surface area contributed by atoms with Crippen LogP contribution in [-0.2, 0) is 6.54 Å². The van der Waals surface area contributed by atoms with Crippen LogP contribution >= 0.6 is 0 Å². The van der Waals surface area contributed by atoms with Crippen molar-refractivity contribution in [3.63, 3.8) is 0 Å². The van der Waals surface area contributed by atoms with Crippen LogP contribution in [0.5, 0.6) is 5.75 Å². The molecule has 0 N–H and O–H groups in total. The van der Waals surface area contributed by atoms with E-state index < -0.39 is 0 Å². The van der Waals surface area contributed by atoms with E-state index in [0.717, 1.165) is 52.6 Å². The van der Waals surface area contributed by atoms with Crippen LogP contribution in [0.1, 0.15) is 21.6 Å². The molecule has 1 fully saturated rings. The summed E-state index contributed by atoms with van der Waals surface area (Å²) in [6, 6.07) is 26.5. The first-order valence-corrected chi connectivity index (χ1v) is 13.5. The van der Waals surface area contributed by atoms with Crippen molar-refractivity contribution in [2.45, 2.75) is 13.5 Å². The normalized spacial score (nSPS) is 14.0. The van der Waals surface area contributed by atoms with Crippen LogP contribution in [0, 0.1) is 12.7 Å². The van der Waals surface area contributed by atoms with Crippen molar-refractivity contribution in [1.29, 1.82) is 0 Å². The first-order chi connectivity index (χ1) is 19.5. The lowest BCUT2D eigenvalue weighted by atomic mass is 10.1. The summed E-state index contributed by atoms with van der Waals surface area (Å²) in [6.45, 7) is 5.46. The minimum Gasteiger partial charge on any atom is -0.497 e. The Morgan fingerprint density at radius 3 is 2.38 bits per heavy atom. The fourth-order valence-electron chi connectivity index (χ4n) is 5.34. The monoisotopic (exact) mass is 534 g/mol. The quantitative estimate of drug-likeness (QED) is 0.265. The Kier molecular flexibility index (Phi) is 7.05. The third kappa shape index (κ3) is 5.20. The van der Waals surface area contributed by atoms with E-state index in [1.54, 1.807) is 19.2 Å². The highest BCUT2D eigenvalue weighted by Crippen LogP contribution is 2.30. The molecule has 3 aromatic carbocycles. The largest absolute Gasteiger partial charge is 0.497 e. The standard InChI is InChI=1S/C33H31FN4O2/c1-23-5-3-6-25(19-23)27-11-14-31-35-32(26-7-4-8-29(20-26)40-2)30(38(31)21-27)22-36-15-17-37(18-16-36)33(39)24-9-12-28(34)13-10-24/h3-14,19-21H,15-18,22H2,1-2H3. The molecule has 202 valence electrons. The van der Waals surface area contributed by atoms with Gasteiger partial charge in [-0.05, 0) is 66.6 Å². The van der Waals surface area contributed by atoms with E-state index in [9.17, 15) is 9.18 Å². The number of amides is 1. The van der Waals surface area contributed by atoms with Crippen LogP contribution in [0.3, 0.4) is 0 Å². The van der Waals surface area contributed by atoms with Gasteiger partial charge in [0.25, 0.3) is 5.91 Å². The Bertz CT molecular complexity index is 1670. The maximum absolute atomic E-state index is 13.3. The van der Waals surface area contributed by atoms with Crippen LogP contribution in [0.25, 0.3) is 28.0 Å². The predicted octanol–water partition coefficient (Wildman–Crippen LogP) is 6.08. The second-order valence-electron chi connectivity index (χ2n) is 10.2. The van der Waals surface area contributed by atoms with Crippen molar-refractivity contribution in [2.75, 3.05) is 33.3 Å². The number of aromatic nitrogens is 2. The number of ether oxygens (including phenoxy) is 1. The second kappa shape index (κ2) is 10.9. The van der Waals surface area contributed by atoms with Gasteiger partial charge in [0.15, 0.2) is 0 Å². The summed E-state index contributed by atoms with van der Waals surface area (Å²) in [5.74, 6) is 0.384. The lowest BCUT2D eigenvalue weighted by Gasteiger charge is -2.34. The van der Waals surface area contributed by atoms with E-state index in [1.807, 2.05) is 23.1 Å². The van der Waals surface area contributed by atoms with Gasteiger partial charge in [0.05, 0.1) is 18.5 Å². The number of carbonyl (C=O) groups excluding carboxylic acids is 1. The number of halogens is 1. The smallest absolute Gasteiger partial charge is 0.253 e. The first kappa shape index (κ1) is 25.8. The third-order valence-corrected chi connectivity index (χ3v) is 7.54. The van der Waals surface area contributed by atoms with Gasteiger partial charge in [-0.15, -0.1) is 0 Å². The fraction of sp³-hybridized carbons (Fsp3) is 0.212. The van der Waals surface area contributed by atoms with E-state index in [4.69, 9.17) is 9.72 Å². The van der Waals surface area contributed by atoms with Gasteiger partial charge in [-0.25, -0.2) is 9.37 Å². The first-order valence-electron chi connectivity index (χ1n) is 13.5. The van der Waals surface area contributed by atoms with Gasteiger partial charge in [0.1, 0.15) is 17.2 Å². The summed E-state index contributed by atoms with van der Waals surface area (Å²) >= 11 is 0. The molecule has 1 saturated heterocycles. The van der Waals surface area contributed by atoms with Crippen molar-refractivity contribution in [3.05, 3.63) is 114 Å². The average Bonchev–Trinajstić information content (AvgIpc) is 3.35. The Morgan fingerprint density at radius 1 is 0.875 bits per heavy atom. The number of carbonyl (C=O) groups is 1. The SMILES string of the molecule is COc1cccc(-c2nc3ccc(-c4cccc(C)c4)cn3c2CN2CCN(C(=O)c3ccc(F)cc3)CC2)c1. The molecule has 1 aliphatic rings. The van der Waals surface area contributed by atoms with Gasteiger partial charge < -0.3 is 14.0 Å². The van der Waals surface area contributed by atoms with Crippen LogP contribution in [0.15, 0.2) is 91.1 Å². The van der Waals surface area contributed by atoms with E-state index >= 15 is 0 Å². The number of benzene rings is 3. The summed E-state index contributed by atoms with van der Waals surface area (Å²) in [5.41, 5.74) is 7.92. The number of hydrogen-bond donors (Lipinski definition) is 0. The fourth-order valence-corrected chi connectivity index (χ4v) is 5.34. The van der Waals surface area contributed by atoms with Gasteiger partial charge in [0.2, 0.25) is 0 Å². The number of rotatable bonds is 6. The van der Waals surface area contributed by atoms with Crippen LogP contribution in [-0.4, -0.2) is 58.4 Å². The number of imidazole rings is 1. The number of aryl methyl sites for hydroxylation is 1. The van der Waals surface area contributed by atoms with Gasteiger partial charge in [0, 0.05) is 50.0 Å². The molecule has 6 rings (SSSR count). The highest BCUT2D eigenvalue weighted by Gasteiger charge is 2.25. The minimum absolute atomic E-state index is 0.0608. The molecule has 0 unspecified atom stereocenters. The predicted molar refractivity (Wildman–Crippen MR) is 155 cm³/mol. The number of hydrogen-bond acceptors (Lipinski definition) is 4. The minimum atomic E-state index is -0.341. The Labute approximate surface area is 233 Å². The lowest BCUT2D eigenvalue weighted by molar-refractivity contribution is 0.0627. The number of nitrogens with zero attached hydrogens (tertiary/aromatic N) is 4. The maximum atomic E-state index is 13.3. The van der Waals surface area contributed by atoms with E-state index in [1.165, 1.54) is 17.7 Å². The summed E-state index contributed by atoms with van der Waals surface area (Å²) < 4.78 is 21.0. The summed E-state index contributed by atoms with van der Waals surface area (Å²) in [6.07, 6.45) is 2.17. The molecule has 40 heavy (non-hydrogen) atoms. The van der Waals surface area contributed by atoms with Gasteiger partial charge in [-0.3, -0.25) is 9.69 Å². The molecule has 5 aromatic rings. The molecule has 0 atom stereocenters. The molecule has 0 aliphatic carbocycles. The van der Waals surface area contributed by atoms with Crippen molar-refractivity contribution >= 4 is 11.6 Å². The van der Waals surface area contributed by atoms with E-state index in [-0.39, 0.29) is 11.7 Å². The Morgan fingerprint density at radius 2 is 1.62 bits per heavy atom. The average molecular weight is 535 g/mol. The Hall–Kier alpha value is -4.49. The molecule has 3 heterocycles. The zero-order valence-corrected chi connectivity index (χ0v) is 22.7. The highest BCUT2D eigenvalue weighted by molar-refractivity contribution is 5.94. The highest BCUT2D eigenvalue weighted by atomic mass is 19.1. The maximum Gasteiger partial charge on any atom is 0.253 e. The van der Waals surface area contributed by atoms with Crippen LogP contribution in [0.4, 0.5) is 4.39 Å². The van der Waals surface area contributed by atoms with Gasteiger partial charge >= 0.3 is 0 Å². The van der Waals surface area contributed by atoms with E-state index in [2.05, 4.69) is 64.9 Å². The molecular weight excluding hydrogens is 503 g/mol. The van der Waals surface area contributed by atoms with Crippen molar-refractivity contribution in [2.24, 2.45) is 0 Å². The third-order valence-electron chi connectivity index (χ3n) is 7.54. The molecule has 0 radical (unpaired) electrons. The molecule has 0 spiro atoms. The molecule has 1 aliphatic heterocycles. The van der Waals surface area contributed by atoms with Crippen LogP contribution < -0.4 is 4.74 Å². The molecule has 0 saturated carbocycles. The number of fused-ring (bicyclic) bond motifs is 1. The molecular formula is C33H31FN4O2. The summed E-state index contributed by atoms with van der Waals surface area (Å²) in [7, 11) is 1.67. The van der Waals surface area contributed by atoms with Crippen LogP contribution in [0.2, 0.25) is 0 Å². The van der Waals surface area contributed by atoms with Crippen molar-refractivity contribution < 1.29 is 13.9 Å². The molecule has 6 nitrogen and oxygen atoms in total. The topological polar surface area (TPSA) is 50.1 Å². The van der Waals surface area contributed by atoms with E-state index in [0.29, 0.717) is 25.2 Å². The number of piperazine rings is 1. The van der Waals surface area contributed by atoms with Crippen molar-refractivity contribution in [3.8, 4) is 28.1 Å². The number of methoxy groups -OCH3 is 1. The molecule has 1 amide bonds.